The SMILES string of the molecule is CCNC(=NCCc1c(OC)cc(OC)cc1OC)NCC. The summed E-state index contributed by atoms with van der Waals surface area (Å²) in [5.74, 6) is 3.03. The molecule has 0 unspecified atom stereocenters. The van der Waals surface area contributed by atoms with Gasteiger partial charge in [0.2, 0.25) is 0 Å². The van der Waals surface area contributed by atoms with E-state index in [4.69, 9.17) is 14.2 Å². The first-order chi connectivity index (χ1) is 10.7. The molecule has 0 bridgehead atoms. The van der Waals surface area contributed by atoms with Crippen LogP contribution in [-0.2, 0) is 6.42 Å². The van der Waals surface area contributed by atoms with Gasteiger partial charge in [-0.25, -0.2) is 0 Å². The highest BCUT2D eigenvalue weighted by Crippen LogP contribution is 2.34. The van der Waals surface area contributed by atoms with Crippen molar-refractivity contribution in [3.05, 3.63) is 17.7 Å². The van der Waals surface area contributed by atoms with E-state index in [1.54, 1.807) is 21.3 Å². The molecule has 1 aromatic carbocycles. The van der Waals surface area contributed by atoms with Crippen LogP contribution in [0.1, 0.15) is 19.4 Å². The van der Waals surface area contributed by atoms with Crippen molar-refractivity contribution in [2.24, 2.45) is 4.99 Å². The summed E-state index contributed by atoms with van der Waals surface area (Å²) in [4.78, 5) is 4.54. The molecule has 2 N–H and O–H groups in total. The Labute approximate surface area is 132 Å². The average molecular weight is 309 g/mol. The summed E-state index contributed by atoms with van der Waals surface area (Å²) in [7, 11) is 4.91. The zero-order valence-corrected chi connectivity index (χ0v) is 14.2. The van der Waals surface area contributed by atoms with Gasteiger partial charge in [-0.1, -0.05) is 0 Å². The second-order valence-corrected chi connectivity index (χ2v) is 4.55. The van der Waals surface area contributed by atoms with Crippen LogP contribution in [0.15, 0.2) is 17.1 Å². The van der Waals surface area contributed by atoms with E-state index in [1.165, 1.54) is 0 Å². The molecule has 22 heavy (non-hydrogen) atoms. The summed E-state index contributed by atoms with van der Waals surface area (Å²) >= 11 is 0. The first-order valence-electron chi connectivity index (χ1n) is 7.51. The molecule has 0 saturated carbocycles. The minimum Gasteiger partial charge on any atom is -0.496 e. The van der Waals surface area contributed by atoms with E-state index >= 15 is 0 Å². The predicted octanol–water partition coefficient (Wildman–Crippen LogP) is 1.83. The van der Waals surface area contributed by atoms with Crippen molar-refractivity contribution in [1.82, 2.24) is 10.6 Å². The first kappa shape index (κ1) is 17.9. The largest absolute Gasteiger partial charge is 0.496 e. The third-order valence-electron chi connectivity index (χ3n) is 3.14. The lowest BCUT2D eigenvalue weighted by atomic mass is 10.1. The number of hydrogen-bond acceptors (Lipinski definition) is 4. The van der Waals surface area contributed by atoms with Crippen LogP contribution in [0.3, 0.4) is 0 Å². The van der Waals surface area contributed by atoms with Crippen LogP contribution in [-0.4, -0.2) is 46.9 Å². The normalized spacial score (nSPS) is 9.86. The maximum atomic E-state index is 5.44. The van der Waals surface area contributed by atoms with Gasteiger partial charge >= 0.3 is 0 Å². The molecule has 1 rings (SSSR count). The maximum Gasteiger partial charge on any atom is 0.191 e. The summed E-state index contributed by atoms with van der Waals surface area (Å²) in [5.41, 5.74) is 0.988. The van der Waals surface area contributed by atoms with Gasteiger partial charge in [-0.15, -0.1) is 0 Å². The molecule has 0 aliphatic rings. The summed E-state index contributed by atoms with van der Waals surface area (Å²) in [6.45, 7) is 6.39. The van der Waals surface area contributed by atoms with E-state index in [1.807, 2.05) is 26.0 Å². The zero-order chi connectivity index (χ0) is 16.4. The Bertz CT molecular complexity index is 457. The van der Waals surface area contributed by atoms with E-state index in [9.17, 15) is 0 Å². The molecule has 0 atom stereocenters. The second-order valence-electron chi connectivity index (χ2n) is 4.55. The van der Waals surface area contributed by atoms with E-state index in [2.05, 4.69) is 15.6 Å². The zero-order valence-electron chi connectivity index (χ0n) is 14.2. The van der Waals surface area contributed by atoms with Crippen molar-refractivity contribution in [2.75, 3.05) is 41.0 Å². The third-order valence-corrected chi connectivity index (χ3v) is 3.14. The second kappa shape index (κ2) is 9.76. The fourth-order valence-corrected chi connectivity index (χ4v) is 2.11. The first-order valence-corrected chi connectivity index (χ1v) is 7.51. The molecule has 0 heterocycles. The van der Waals surface area contributed by atoms with Gasteiger partial charge in [0, 0.05) is 37.3 Å². The van der Waals surface area contributed by atoms with Crippen LogP contribution in [0, 0.1) is 0 Å². The van der Waals surface area contributed by atoms with Gasteiger partial charge < -0.3 is 24.8 Å². The molecular weight excluding hydrogens is 282 g/mol. The number of rotatable bonds is 8. The number of nitrogens with one attached hydrogen (secondary N) is 2. The summed E-state index contributed by atoms with van der Waals surface area (Å²) in [5, 5.41) is 6.40. The molecule has 0 saturated heterocycles. The molecule has 124 valence electrons. The monoisotopic (exact) mass is 309 g/mol. The van der Waals surface area contributed by atoms with E-state index in [0.717, 1.165) is 42.5 Å². The fraction of sp³-hybridized carbons (Fsp3) is 0.562. The van der Waals surface area contributed by atoms with Crippen LogP contribution >= 0.6 is 0 Å². The Balaban J connectivity index is 2.89. The van der Waals surface area contributed by atoms with E-state index in [-0.39, 0.29) is 0 Å². The van der Waals surface area contributed by atoms with Crippen LogP contribution in [0.5, 0.6) is 17.2 Å². The topological polar surface area (TPSA) is 64.1 Å². The lowest BCUT2D eigenvalue weighted by Crippen LogP contribution is -2.37. The predicted molar refractivity (Wildman–Crippen MR) is 89.5 cm³/mol. The van der Waals surface area contributed by atoms with Gasteiger partial charge in [-0.05, 0) is 20.3 Å². The highest BCUT2D eigenvalue weighted by molar-refractivity contribution is 5.79. The van der Waals surface area contributed by atoms with Gasteiger partial charge in [0.15, 0.2) is 5.96 Å². The van der Waals surface area contributed by atoms with Crippen LogP contribution in [0.25, 0.3) is 0 Å². The molecular formula is C16H27N3O3. The number of hydrogen-bond donors (Lipinski definition) is 2. The van der Waals surface area contributed by atoms with Gasteiger partial charge in [0.25, 0.3) is 0 Å². The smallest absolute Gasteiger partial charge is 0.191 e. The maximum absolute atomic E-state index is 5.44. The number of guanidine groups is 1. The summed E-state index contributed by atoms with van der Waals surface area (Å²) in [6.07, 6.45) is 0.719. The lowest BCUT2D eigenvalue weighted by Gasteiger charge is -2.15. The van der Waals surface area contributed by atoms with E-state index < -0.39 is 0 Å². The number of methoxy groups -OCH3 is 3. The Kier molecular flexibility index (Phi) is 7.96. The van der Waals surface area contributed by atoms with Crippen LogP contribution < -0.4 is 24.8 Å². The van der Waals surface area contributed by atoms with Gasteiger partial charge in [-0.2, -0.15) is 0 Å². The summed E-state index contributed by atoms with van der Waals surface area (Å²) < 4.78 is 16.1. The van der Waals surface area contributed by atoms with Crippen molar-refractivity contribution in [3.8, 4) is 17.2 Å². The quantitative estimate of drug-likeness (QED) is 0.566. The van der Waals surface area contributed by atoms with Crippen molar-refractivity contribution in [1.29, 1.82) is 0 Å². The lowest BCUT2D eigenvalue weighted by molar-refractivity contribution is 0.369. The van der Waals surface area contributed by atoms with Crippen molar-refractivity contribution < 1.29 is 14.2 Å². The third kappa shape index (κ3) is 5.02. The molecule has 1 aromatic rings. The number of aliphatic imine (C=N–C) groups is 1. The molecule has 0 spiro atoms. The standard InChI is InChI=1S/C16H27N3O3/c1-6-17-16(18-7-2)19-9-8-13-14(21-4)10-12(20-3)11-15(13)22-5/h10-11H,6-9H2,1-5H3,(H2,17,18,19). The minimum absolute atomic E-state index is 0.633. The van der Waals surface area contributed by atoms with E-state index in [0.29, 0.717) is 12.3 Å². The molecule has 0 radical (unpaired) electrons. The highest BCUT2D eigenvalue weighted by atomic mass is 16.5. The minimum atomic E-state index is 0.633. The number of benzene rings is 1. The Morgan fingerprint density at radius 1 is 0.955 bits per heavy atom. The molecule has 0 aliphatic heterocycles. The van der Waals surface area contributed by atoms with Crippen molar-refractivity contribution in [2.45, 2.75) is 20.3 Å². The van der Waals surface area contributed by atoms with Crippen molar-refractivity contribution >= 4 is 5.96 Å². The Morgan fingerprint density at radius 3 is 1.91 bits per heavy atom. The highest BCUT2D eigenvalue weighted by Gasteiger charge is 2.12. The van der Waals surface area contributed by atoms with Gasteiger partial charge in [0.05, 0.1) is 21.3 Å². The van der Waals surface area contributed by atoms with Gasteiger partial charge in [0.1, 0.15) is 17.2 Å². The molecule has 6 heteroatoms. The fourth-order valence-electron chi connectivity index (χ4n) is 2.11. The summed E-state index contributed by atoms with van der Waals surface area (Å²) in [6, 6.07) is 3.72. The van der Waals surface area contributed by atoms with Crippen molar-refractivity contribution in [3.63, 3.8) is 0 Å². The Hall–Kier alpha value is -2.11. The number of nitrogens with zero attached hydrogens (tertiary/aromatic N) is 1. The molecule has 0 aromatic heterocycles. The van der Waals surface area contributed by atoms with Crippen LogP contribution in [0.2, 0.25) is 0 Å². The van der Waals surface area contributed by atoms with Gasteiger partial charge in [-0.3, -0.25) is 4.99 Å². The molecule has 0 aliphatic carbocycles. The molecule has 6 nitrogen and oxygen atoms in total. The van der Waals surface area contributed by atoms with Crippen LogP contribution in [0.4, 0.5) is 0 Å². The Morgan fingerprint density at radius 2 is 1.50 bits per heavy atom. The molecule has 0 amide bonds. The molecule has 0 fully saturated rings. The number of ether oxygens (including phenoxy) is 3. The average Bonchev–Trinajstić information content (AvgIpc) is 2.54.